The molecule has 0 saturated carbocycles. The van der Waals surface area contributed by atoms with Gasteiger partial charge >= 0.3 is 0 Å². The molecule has 0 aliphatic carbocycles. The second-order valence-corrected chi connectivity index (χ2v) is 10.0. The number of carbonyl (C=O) groups excluding carboxylic acids is 1. The Labute approximate surface area is 177 Å². The average Bonchev–Trinajstić information content (AvgIpc) is 3.06. The van der Waals surface area contributed by atoms with Gasteiger partial charge in [0.05, 0.1) is 24.1 Å². The van der Waals surface area contributed by atoms with Gasteiger partial charge in [0, 0.05) is 5.75 Å². The van der Waals surface area contributed by atoms with E-state index in [4.69, 9.17) is 16.3 Å². The molecule has 1 unspecified atom stereocenters. The van der Waals surface area contributed by atoms with Gasteiger partial charge in [0.1, 0.15) is 11.8 Å². The van der Waals surface area contributed by atoms with Crippen LogP contribution in [0.15, 0.2) is 35.2 Å². The Bertz CT molecular complexity index is 965. The standard InChI is InChI=1S/C16H19ClN4O4S3/c1-5-8-26-16-20-19-15(27-16)18-14(22)10(2)21(28(4,23)24)11-6-7-13(25-3)12(17)9-11/h5-7,9-10H,1,8H2,2-4H3,(H,18,19,22). The summed E-state index contributed by atoms with van der Waals surface area (Å²) in [5.41, 5.74) is 0.246. The highest BCUT2D eigenvalue weighted by molar-refractivity contribution is 8.01. The predicted molar refractivity (Wildman–Crippen MR) is 114 cm³/mol. The zero-order valence-electron chi connectivity index (χ0n) is 15.4. The summed E-state index contributed by atoms with van der Waals surface area (Å²) in [7, 11) is -2.32. The van der Waals surface area contributed by atoms with Crippen LogP contribution in [0.1, 0.15) is 6.92 Å². The molecule has 0 fully saturated rings. The first-order valence-corrected chi connectivity index (χ1v) is 11.9. The normalized spacial score (nSPS) is 12.3. The van der Waals surface area contributed by atoms with Gasteiger partial charge in [-0.3, -0.25) is 14.4 Å². The van der Waals surface area contributed by atoms with E-state index in [1.54, 1.807) is 6.08 Å². The number of rotatable bonds is 9. The number of nitrogens with zero attached hydrogens (tertiary/aromatic N) is 3. The summed E-state index contributed by atoms with van der Waals surface area (Å²) in [5, 5.41) is 11.0. The number of amides is 1. The molecule has 1 heterocycles. The van der Waals surface area contributed by atoms with Gasteiger partial charge in [0.2, 0.25) is 21.1 Å². The maximum absolute atomic E-state index is 12.6. The molecule has 1 N–H and O–H groups in total. The second kappa shape index (κ2) is 9.59. The highest BCUT2D eigenvalue weighted by atomic mass is 35.5. The van der Waals surface area contributed by atoms with Crippen LogP contribution in [0.5, 0.6) is 5.75 Å². The molecule has 1 atom stereocenters. The fourth-order valence-electron chi connectivity index (χ4n) is 2.26. The molecule has 1 aromatic heterocycles. The van der Waals surface area contributed by atoms with Crippen LogP contribution in [-0.4, -0.2) is 49.7 Å². The van der Waals surface area contributed by atoms with E-state index in [0.717, 1.165) is 10.6 Å². The van der Waals surface area contributed by atoms with Crippen LogP contribution < -0.4 is 14.4 Å². The largest absolute Gasteiger partial charge is 0.495 e. The summed E-state index contributed by atoms with van der Waals surface area (Å²) < 4.78 is 31.4. The molecule has 0 radical (unpaired) electrons. The number of sulfonamides is 1. The van der Waals surface area contributed by atoms with Crippen LogP contribution in [0.25, 0.3) is 0 Å². The highest BCUT2D eigenvalue weighted by Crippen LogP contribution is 2.32. The fraction of sp³-hybridized carbons (Fsp3) is 0.312. The van der Waals surface area contributed by atoms with E-state index in [2.05, 4.69) is 22.1 Å². The topological polar surface area (TPSA) is 101 Å². The van der Waals surface area contributed by atoms with Gasteiger partial charge in [-0.15, -0.1) is 16.8 Å². The lowest BCUT2D eigenvalue weighted by atomic mass is 10.2. The number of halogens is 1. The van der Waals surface area contributed by atoms with Crippen molar-refractivity contribution < 1.29 is 17.9 Å². The lowest BCUT2D eigenvalue weighted by Gasteiger charge is -2.28. The predicted octanol–water partition coefficient (Wildman–Crippen LogP) is 3.27. The van der Waals surface area contributed by atoms with Crippen LogP contribution in [0.4, 0.5) is 10.8 Å². The van der Waals surface area contributed by atoms with Crippen molar-refractivity contribution in [1.29, 1.82) is 0 Å². The molecular weight excluding hydrogens is 444 g/mol. The minimum absolute atomic E-state index is 0.231. The van der Waals surface area contributed by atoms with Crippen molar-refractivity contribution in [3.63, 3.8) is 0 Å². The fourth-order valence-corrected chi connectivity index (χ4v) is 5.19. The van der Waals surface area contributed by atoms with Crippen molar-refractivity contribution in [2.75, 3.05) is 28.7 Å². The van der Waals surface area contributed by atoms with Crippen LogP contribution in [0, 0.1) is 0 Å². The number of methoxy groups -OCH3 is 1. The number of ether oxygens (including phenoxy) is 1. The van der Waals surface area contributed by atoms with Gasteiger partial charge in [-0.1, -0.05) is 40.8 Å². The third kappa shape index (κ3) is 5.60. The number of anilines is 2. The number of hydrogen-bond donors (Lipinski definition) is 1. The van der Waals surface area contributed by atoms with Gasteiger partial charge < -0.3 is 4.74 Å². The lowest BCUT2D eigenvalue weighted by Crippen LogP contribution is -2.45. The van der Waals surface area contributed by atoms with Gasteiger partial charge in [-0.2, -0.15) is 0 Å². The number of hydrogen-bond acceptors (Lipinski definition) is 8. The summed E-state index contributed by atoms with van der Waals surface area (Å²) in [5.74, 6) is 0.516. The number of nitrogens with one attached hydrogen (secondary N) is 1. The van der Waals surface area contributed by atoms with Crippen molar-refractivity contribution in [1.82, 2.24) is 10.2 Å². The van der Waals surface area contributed by atoms with Gasteiger partial charge in [0.15, 0.2) is 4.34 Å². The minimum Gasteiger partial charge on any atom is -0.495 e. The highest BCUT2D eigenvalue weighted by Gasteiger charge is 2.30. The van der Waals surface area contributed by atoms with Crippen LogP contribution in [0.3, 0.4) is 0 Å². The maximum atomic E-state index is 12.6. The molecule has 2 aromatic rings. The summed E-state index contributed by atoms with van der Waals surface area (Å²) >= 11 is 8.74. The molecule has 0 saturated heterocycles. The van der Waals surface area contributed by atoms with Crippen molar-refractivity contribution in [2.24, 2.45) is 0 Å². The molecule has 8 nitrogen and oxygen atoms in total. The average molecular weight is 463 g/mol. The smallest absolute Gasteiger partial charge is 0.249 e. The van der Waals surface area contributed by atoms with Gasteiger partial charge in [-0.25, -0.2) is 8.42 Å². The van der Waals surface area contributed by atoms with E-state index in [1.807, 2.05) is 0 Å². The van der Waals surface area contributed by atoms with E-state index in [-0.39, 0.29) is 15.8 Å². The molecule has 1 amide bonds. The van der Waals surface area contributed by atoms with E-state index < -0.39 is 22.0 Å². The second-order valence-electron chi connectivity index (χ2n) is 5.52. The quantitative estimate of drug-likeness (QED) is 0.346. The number of benzene rings is 1. The number of aromatic nitrogens is 2. The Morgan fingerprint density at radius 2 is 2.21 bits per heavy atom. The van der Waals surface area contributed by atoms with Gasteiger partial charge in [-0.05, 0) is 25.1 Å². The molecule has 0 bridgehead atoms. The Kier molecular flexibility index (Phi) is 7.70. The first-order chi connectivity index (χ1) is 13.2. The zero-order valence-corrected chi connectivity index (χ0v) is 18.6. The minimum atomic E-state index is -3.77. The SMILES string of the molecule is C=CCSc1nnc(NC(=O)C(C)N(c2ccc(OC)c(Cl)c2)S(C)(=O)=O)s1. The van der Waals surface area contributed by atoms with E-state index in [0.29, 0.717) is 15.8 Å². The molecule has 28 heavy (non-hydrogen) atoms. The van der Waals surface area contributed by atoms with E-state index in [1.165, 1.54) is 55.3 Å². The zero-order chi connectivity index (χ0) is 20.9. The molecule has 12 heteroatoms. The molecule has 0 spiro atoms. The third-order valence-corrected chi connectivity index (χ3v) is 6.94. The monoisotopic (exact) mass is 462 g/mol. The molecule has 2 rings (SSSR count). The summed E-state index contributed by atoms with van der Waals surface area (Å²) in [4.78, 5) is 12.6. The number of carbonyl (C=O) groups is 1. The van der Waals surface area contributed by atoms with Crippen molar-refractivity contribution in [2.45, 2.75) is 17.3 Å². The summed E-state index contributed by atoms with van der Waals surface area (Å²) in [6, 6.07) is 3.44. The molecule has 0 aliphatic rings. The Morgan fingerprint density at radius 3 is 2.79 bits per heavy atom. The lowest BCUT2D eigenvalue weighted by molar-refractivity contribution is -0.116. The van der Waals surface area contributed by atoms with Crippen molar-refractivity contribution in [3.8, 4) is 5.75 Å². The summed E-state index contributed by atoms with van der Waals surface area (Å²) in [6.45, 7) is 5.10. The van der Waals surface area contributed by atoms with Crippen molar-refractivity contribution in [3.05, 3.63) is 35.9 Å². The van der Waals surface area contributed by atoms with E-state index in [9.17, 15) is 13.2 Å². The first-order valence-electron chi connectivity index (χ1n) is 7.88. The van der Waals surface area contributed by atoms with Crippen LogP contribution >= 0.6 is 34.7 Å². The summed E-state index contributed by atoms with van der Waals surface area (Å²) in [6.07, 6.45) is 2.75. The van der Waals surface area contributed by atoms with Crippen LogP contribution in [-0.2, 0) is 14.8 Å². The van der Waals surface area contributed by atoms with E-state index >= 15 is 0 Å². The number of thioether (sulfide) groups is 1. The first kappa shape index (κ1) is 22.5. The van der Waals surface area contributed by atoms with Crippen molar-refractivity contribution >= 4 is 61.4 Å². The Hall–Kier alpha value is -1.82. The maximum Gasteiger partial charge on any atom is 0.249 e. The van der Waals surface area contributed by atoms with Gasteiger partial charge in [0.25, 0.3) is 0 Å². The molecule has 152 valence electrons. The molecule has 0 aliphatic heterocycles. The third-order valence-electron chi connectivity index (χ3n) is 3.44. The Morgan fingerprint density at radius 1 is 1.50 bits per heavy atom. The Balaban J connectivity index is 2.24. The molecular formula is C16H19ClN4O4S3. The van der Waals surface area contributed by atoms with Crippen LogP contribution in [0.2, 0.25) is 5.02 Å². The molecule has 1 aromatic carbocycles.